The number of hydrogen-bond acceptors (Lipinski definition) is 7. The lowest BCUT2D eigenvalue weighted by Crippen LogP contribution is -2.53. The monoisotopic (exact) mass is 327 g/mol. The Morgan fingerprint density at radius 3 is 2.24 bits per heavy atom. The highest BCUT2D eigenvalue weighted by molar-refractivity contribution is 7.46. The highest BCUT2D eigenvalue weighted by Crippen LogP contribution is 2.35. The molecule has 0 spiro atoms. The molecule has 0 saturated carbocycles. The van der Waals surface area contributed by atoms with Gasteiger partial charge >= 0.3 is 7.82 Å². The van der Waals surface area contributed by atoms with E-state index in [4.69, 9.17) is 9.79 Å². The van der Waals surface area contributed by atoms with Crippen molar-refractivity contribution in [2.45, 2.75) is 31.3 Å². The number of nitrogens with one attached hydrogen (secondary N) is 1. The zero-order valence-corrected chi connectivity index (χ0v) is 12.0. The molecule has 1 amide bonds. The molecule has 0 aromatic carbocycles. The average molecular weight is 327 g/mol. The third kappa shape index (κ3) is 7.44. The number of aliphatic hydroxyl groups is 3. The predicted molar refractivity (Wildman–Crippen MR) is 68.8 cm³/mol. The zero-order valence-electron chi connectivity index (χ0n) is 11.1. The van der Waals surface area contributed by atoms with Crippen molar-refractivity contribution < 1.29 is 43.8 Å². The van der Waals surface area contributed by atoms with Crippen molar-refractivity contribution in [1.82, 2.24) is 5.32 Å². The molecule has 0 bridgehead atoms. The van der Waals surface area contributed by atoms with Crippen molar-refractivity contribution in [3.05, 3.63) is 12.2 Å². The van der Waals surface area contributed by atoms with Crippen LogP contribution >= 0.6 is 7.82 Å². The highest BCUT2D eigenvalue weighted by atomic mass is 31.2. The van der Waals surface area contributed by atoms with E-state index >= 15 is 0 Å². The maximum Gasteiger partial charge on any atom is 0.469 e. The van der Waals surface area contributed by atoms with E-state index in [1.165, 1.54) is 6.92 Å². The molecule has 0 aromatic rings. The summed E-state index contributed by atoms with van der Waals surface area (Å²) in [6.45, 7) is 3.68. The van der Waals surface area contributed by atoms with Crippen molar-refractivity contribution in [2.24, 2.45) is 0 Å². The van der Waals surface area contributed by atoms with Crippen LogP contribution < -0.4 is 5.32 Å². The Hall–Kier alpha value is -1.13. The van der Waals surface area contributed by atoms with Crippen LogP contribution in [0, 0.1) is 0 Å². The summed E-state index contributed by atoms with van der Waals surface area (Å²) in [6, 6.07) is -1.55. The Labute approximate surface area is 120 Å². The maximum absolute atomic E-state index is 11.3. The van der Waals surface area contributed by atoms with Crippen LogP contribution in [0.3, 0.4) is 0 Å². The summed E-state index contributed by atoms with van der Waals surface area (Å²) in [5, 5.41) is 30.7. The van der Waals surface area contributed by atoms with Gasteiger partial charge < -0.3 is 35.2 Å². The summed E-state index contributed by atoms with van der Waals surface area (Å²) in [6.07, 6.45) is -5.67. The van der Waals surface area contributed by atoms with Gasteiger partial charge in [0.15, 0.2) is 0 Å². The molecule has 0 saturated heterocycles. The number of aliphatic hydroxyl groups excluding tert-OH is 3. The molecule has 4 atom stereocenters. The Balaban J connectivity index is 4.67. The molecule has 0 unspecified atom stereocenters. The van der Waals surface area contributed by atoms with Gasteiger partial charge in [0.2, 0.25) is 5.91 Å². The lowest BCUT2D eigenvalue weighted by Gasteiger charge is -2.27. The highest BCUT2D eigenvalue weighted by Gasteiger charge is 2.33. The van der Waals surface area contributed by atoms with Crippen molar-refractivity contribution in [3.8, 4) is 0 Å². The summed E-state index contributed by atoms with van der Waals surface area (Å²) < 4.78 is 14.4. The summed E-state index contributed by atoms with van der Waals surface area (Å²) in [5.41, 5.74) is 0.0499. The topological polar surface area (TPSA) is 174 Å². The van der Waals surface area contributed by atoms with Gasteiger partial charge in [0.05, 0.1) is 6.61 Å². The van der Waals surface area contributed by atoms with E-state index in [-0.39, 0.29) is 11.9 Å². The lowest BCUT2D eigenvalue weighted by atomic mass is 10.0. The first-order valence-corrected chi connectivity index (χ1v) is 7.18. The first kappa shape index (κ1) is 19.9. The van der Waals surface area contributed by atoms with Crippen LogP contribution in [0.25, 0.3) is 0 Å². The SMILES string of the molecule is C=C(C)C(=O)N[C@@H](C=O)[C@@H](O)[C@H](O)[C@H](O)COP(=O)(O)O. The fourth-order valence-electron chi connectivity index (χ4n) is 1.19. The van der Waals surface area contributed by atoms with E-state index in [0.29, 0.717) is 0 Å². The van der Waals surface area contributed by atoms with Crippen molar-refractivity contribution in [3.63, 3.8) is 0 Å². The Kier molecular flexibility index (Phi) is 7.90. The molecule has 0 aromatic heterocycles. The average Bonchev–Trinajstić information content (AvgIpc) is 2.39. The van der Waals surface area contributed by atoms with Crippen LogP contribution in [0.1, 0.15) is 6.92 Å². The van der Waals surface area contributed by atoms with E-state index in [0.717, 1.165) is 0 Å². The van der Waals surface area contributed by atoms with Crippen LogP contribution in [-0.4, -0.2) is 68.3 Å². The van der Waals surface area contributed by atoms with Crippen LogP contribution in [0.2, 0.25) is 0 Å². The molecule has 122 valence electrons. The smallest absolute Gasteiger partial charge is 0.388 e. The third-order valence-electron chi connectivity index (χ3n) is 2.36. The zero-order chi connectivity index (χ0) is 16.8. The maximum atomic E-state index is 11.3. The minimum Gasteiger partial charge on any atom is -0.388 e. The summed E-state index contributed by atoms with van der Waals surface area (Å²) in [4.78, 5) is 39.0. The predicted octanol–water partition coefficient (Wildman–Crippen LogP) is -2.56. The second kappa shape index (κ2) is 8.35. The second-order valence-corrected chi connectivity index (χ2v) is 5.49. The molecule has 11 heteroatoms. The molecule has 0 heterocycles. The fourth-order valence-corrected chi connectivity index (χ4v) is 1.53. The Bertz CT molecular complexity index is 434. The molecule has 10 nitrogen and oxygen atoms in total. The number of phosphoric ester groups is 1. The molecular weight excluding hydrogens is 309 g/mol. The standard InChI is InChI=1S/C10H18NO9P/c1-5(2)10(16)11-6(3-12)8(14)9(15)7(13)4-20-21(17,18)19/h3,6-9,13-15H,1,4H2,2H3,(H,11,16)(H2,17,18,19)/t6-,7+,8+,9+/m0/s1. The fraction of sp³-hybridized carbons (Fsp3) is 0.600. The Morgan fingerprint density at radius 1 is 1.33 bits per heavy atom. The van der Waals surface area contributed by atoms with Gasteiger partial charge in [-0.05, 0) is 6.92 Å². The summed E-state index contributed by atoms with van der Waals surface area (Å²) in [5.74, 6) is -0.751. The Morgan fingerprint density at radius 2 is 1.86 bits per heavy atom. The molecule has 6 N–H and O–H groups in total. The number of hydrogen-bond donors (Lipinski definition) is 6. The van der Waals surface area contributed by atoms with Gasteiger partial charge in [-0.2, -0.15) is 0 Å². The number of aldehydes is 1. The van der Waals surface area contributed by atoms with Gasteiger partial charge in [0.1, 0.15) is 30.6 Å². The van der Waals surface area contributed by atoms with Crippen LogP contribution in [0.5, 0.6) is 0 Å². The quantitative estimate of drug-likeness (QED) is 0.151. The second-order valence-electron chi connectivity index (χ2n) is 4.25. The van der Waals surface area contributed by atoms with Gasteiger partial charge in [-0.25, -0.2) is 4.57 Å². The molecule has 0 aliphatic carbocycles. The number of carbonyl (C=O) groups is 2. The third-order valence-corrected chi connectivity index (χ3v) is 2.84. The molecule has 0 radical (unpaired) electrons. The van der Waals surface area contributed by atoms with Gasteiger partial charge in [0.25, 0.3) is 0 Å². The van der Waals surface area contributed by atoms with E-state index in [2.05, 4.69) is 16.4 Å². The molecule has 0 fully saturated rings. The van der Waals surface area contributed by atoms with Crippen LogP contribution in [-0.2, 0) is 18.7 Å². The first-order chi connectivity index (χ1) is 9.49. The van der Waals surface area contributed by atoms with Crippen molar-refractivity contribution >= 4 is 20.0 Å². The summed E-state index contributed by atoms with van der Waals surface area (Å²) in [7, 11) is -4.86. The molecular formula is C10H18NO9P. The largest absolute Gasteiger partial charge is 0.469 e. The molecule has 0 aliphatic rings. The number of phosphoric acid groups is 1. The van der Waals surface area contributed by atoms with Crippen LogP contribution in [0.15, 0.2) is 12.2 Å². The van der Waals surface area contributed by atoms with Crippen molar-refractivity contribution in [2.75, 3.05) is 6.61 Å². The number of carbonyl (C=O) groups excluding carboxylic acids is 2. The first-order valence-electron chi connectivity index (χ1n) is 5.65. The minimum absolute atomic E-state index is 0.0499. The minimum atomic E-state index is -4.86. The molecule has 0 aliphatic heterocycles. The van der Waals surface area contributed by atoms with E-state index in [1.54, 1.807) is 0 Å². The van der Waals surface area contributed by atoms with E-state index in [1.807, 2.05) is 0 Å². The van der Waals surface area contributed by atoms with E-state index in [9.17, 15) is 29.5 Å². The van der Waals surface area contributed by atoms with Gasteiger partial charge in [-0.15, -0.1) is 0 Å². The van der Waals surface area contributed by atoms with E-state index < -0.39 is 44.7 Å². The number of amides is 1. The molecule has 0 rings (SSSR count). The summed E-state index contributed by atoms with van der Waals surface area (Å²) >= 11 is 0. The lowest BCUT2D eigenvalue weighted by molar-refractivity contribution is -0.128. The van der Waals surface area contributed by atoms with Crippen LogP contribution in [0.4, 0.5) is 0 Å². The van der Waals surface area contributed by atoms with Crippen molar-refractivity contribution in [1.29, 1.82) is 0 Å². The number of rotatable bonds is 9. The van der Waals surface area contributed by atoms with Gasteiger partial charge in [-0.1, -0.05) is 6.58 Å². The van der Waals surface area contributed by atoms with Gasteiger partial charge in [0, 0.05) is 5.57 Å². The molecule has 21 heavy (non-hydrogen) atoms. The normalized spacial score (nSPS) is 17.4. The van der Waals surface area contributed by atoms with Gasteiger partial charge in [-0.3, -0.25) is 9.32 Å².